The van der Waals surface area contributed by atoms with Crippen LogP contribution in [0.1, 0.15) is 27.2 Å². The molecule has 4 nitrogen and oxygen atoms in total. The van der Waals surface area contributed by atoms with Gasteiger partial charge in [-0.15, -0.1) is 0 Å². The SMILES string of the molecule is CCOCCCNCCN1CC(C)OCC1C. The molecule has 1 heterocycles. The number of morpholine rings is 1. The Hall–Kier alpha value is -0.160. The third kappa shape index (κ3) is 6.36. The van der Waals surface area contributed by atoms with Crippen molar-refractivity contribution in [2.24, 2.45) is 0 Å². The standard InChI is InChI=1S/C13H28N2O2/c1-4-16-9-5-6-14-7-8-15-10-13(3)17-11-12(15)2/h12-14H,4-11H2,1-3H3. The summed E-state index contributed by atoms with van der Waals surface area (Å²) in [7, 11) is 0. The number of nitrogens with one attached hydrogen (secondary N) is 1. The molecule has 2 unspecified atom stereocenters. The van der Waals surface area contributed by atoms with Gasteiger partial charge in [-0.2, -0.15) is 0 Å². The number of rotatable bonds is 8. The van der Waals surface area contributed by atoms with Crippen LogP contribution < -0.4 is 5.32 Å². The largest absolute Gasteiger partial charge is 0.382 e. The maximum Gasteiger partial charge on any atom is 0.0674 e. The Morgan fingerprint density at radius 3 is 2.94 bits per heavy atom. The van der Waals surface area contributed by atoms with Crippen LogP contribution >= 0.6 is 0 Å². The molecule has 0 saturated carbocycles. The van der Waals surface area contributed by atoms with E-state index in [4.69, 9.17) is 9.47 Å². The molecular formula is C13H28N2O2. The van der Waals surface area contributed by atoms with Gasteiger partial charge in [-0.05, 0) is 33.7 Å². The Morgan fingerprint density at radius 2 is 2.18 bits per heavy atom. The minimum atomic E-state index is 0.379. The Bertz CT molecular complexity index is 190. The second-order valence-electron chi connectivity index (χ2n) is 4.79. The highest BCUT2D eigenvalue weighted by molar-refractivity contribution is 4.75. The van der Waals surface area contributed by atoms with E-state index in [2.05, 4.69) is 24.1 Å². The molecule has 0 spiro atoms. The van der Waals surface area contributed by atoms with E-state index < -0.39 is 0 Å². The third-order valence-electron chi connectivity index (χ3n) is 3.16. The Balaban J connectivity index is 1.97. The lowest BCUT2D eigenvalue weighted by atomic mass is 10.2. The first-order valence-electron chi connectivity index (χ1n) is 6.88. The first-order chi connectivity index (χ1) is 8.24. The molecule has 1 fully saturated rings. The van der Waals surface area contributed by atoms with Gasteiger partial charge in [0.15, 0.2) is 0 Å². The second kappa shape index (κ2) is 8.86. The highest BCUT2D eigenvalue weighted by atomic mass is 16.5. The van der Waals surface area contributed by atoms with Gasteiger partial charge >= 0.3 is 0 Å². The van der Waals surface area contributed by atoms with Crippen molar-refractivity contribution in [3.63, 3.8) is 0 Å². The van der Waals surface area contributed by atoms with Crippen LogP contribution in [0.4, 0.5) is 0 Å². The predicted octanol–water partition coefficient (Wildman–Crippen LogP) is 1.11. The molecule has 0 aromatic heterocycles. The highest BCUT2D eigenvalue weighted by Gasteiger charge is 2.22. The van der Waals surface area contributed by atoms with Crippen LogP contribution in [0.2, 0.25) is 0 Å². The van der Waals surface area contributed by atoms with E-state index >= 15 is 0 Å². The molecule has 1 N–H and O–H groups in total. The summed E-state index contributed by atoms with van der Waals surface area (Å²) >= 11 is 0. The molecule has 4 heteroatoms. The fourth-order valence-corrected chi connectivity index (χ4v) is 2.07. The Kier molecular flexibility index (Phi) is 7.77. The van der Waals surface area contributed by atoms with E-state index in [1.54, 1.807) is 0 Å². The maximum atomic E-state index is 5.61. The number of ether oxygens (including phenoxy) is 2. The molecule has 17 heavy (non-hydrogen) atoms. The predicted molar refractivity (Wildman–Crippen MR) is 70.4 cm³/mol. The maximum absolute atomic E-state index is 5.61. The van der Waals surface area contributed by atoms with Crippen LogP contribution in [-0.2, 0) is 9.47 Å². The molecule has 1 aliphatic heterocycles. The van der Waals surface area contributed by atoms with Crippen molar-refractivity contribution in [3.8, 4) is 0 Å². The van der Waals surface area contributed by atoms with Crippen LogP contribution in [0.15, 0.2) is 0 Å². The first kappa shape index (κ1) is 14.9. The fourth-order valence-electron chi connectivity index (χ4n) is 2.07. The van der Waals surface area contributed by atoms with Gasteiger partial charge < -0.3 is 14.8 Å². The third-order valence-corrected chi connectivity index (χ3v) is 3.16. The zero-order valence-electron chi connectivity index (χ0n) is 11.6. The van der Waals surface area contributed by atoms with Crippen molar-refractivity contribution >= 4 is 0 Å². The summed E-state index contributed by atoms with van der Waals surface area (Å²) in [5.74, 6) is 0. The van der Waals surface area contributed by atoms with Crippen LogP contribution in [0, 0.1) is 0 Å². The van der Waals surface area contributed by atoms with Gasteiger partial charge in [0, 0.05) is 38.9 Å². The van der Waals surface area contributed by atoms with E-state index in [-0.39, 0.29) is 0 Å². The van der Waals surface area contributed by atoms with E-state index in [9.17, 15) is 0 Å². The topological polar surface area (TPSA) is 33.7 Å². The smallest absolute Gasteiger partial charge is 0.0674 e. The van der Waals surface area contributed by atoms with E-state index in [1.807, 2.05) is 6.92 Å². The summed E-state index contributed by atoms with van der Waals surface area (Å²) in [5.41, 5.74) is 0. The van der Waals surface area contributed by atoms with Gasteiger partial charge in [0.1, 0.15) is 0 Å². The molecule has 1 rings (SSSR count). The van der Waals surface area contributed by atoms with E-state index in [0.717, 1.165) is 52.4 Å². The van der Waals surface area contributed by atoms with Crippen molar-refractivity contribution in [3.05, 3.63) is 0 Å². The molecular weight excluding hydrogens is 216 g/mol. The van der Waals surface area contributed by atoms with Gasteiger partial charge in [-0.25, -0.2) is 0 Å². The van der Waals surface area contributed by atoms with Crippen molar-refractivity contribution in [1.29, 1.82) is 0 Å². The molecule has 0 radical (unpaired) electrons. The molecule has 0 bridgehead atoms. The zero-order valence-corrected chi connectivity index (χ0v) is 11.6. The average molecular weight is 244 g/mol. The Labute approximate surface area is 106 Å². The molecule has 1 saturated heterocycles. The lowest BCUT2D eigenvalue weighted by Crippen LogP contribution is -2.49. The van der Waals surface area contributed by atoms with Gasteiger partial charge in [-0.1, -0.05) is 0 Å². The monoisotopic (exact) mass is 244 g/mol. The summed E-state index contributed by atoms with van der Waals surface area (Å²) in [4.78, 5) is 2.50. The van der Waals surface area contributed by atoms with Crippen LogP contribution in [0.5, 0.6) is 0 Å². The molecule has 0 aromatic carbocycles. The zero-order chi connectivity index (χ0) is 12.5. The van der Waals surface area contributed by atoms with Crippen molar-refractivity contribution in [2.75, 3.05) is 46.0 Å². The van der Waals surface area contributed by atoms with Gasteiger partial charge in [0.2, 0.25) is 0 Å². The minimum Gasteiger partial charge on any atom is -0.382 e. The first-order valence-corrected chi connectivity index (χ1v) is 6.88. The lowest BCUT2D eigenvalue weighted by Gasteiger charge is -2.36. The van der Waals surface area contributed by atoms with Gasteiger partial charge in [-0.3, -0.25) is 4.90 Å². The van der Waals surface area contributed by atoms with Gasteiger partial charge in [0.05, 0.1) is 12.7 Å². The summed E-state index contributed by atoms with van der Waals surface area (Å²) < 4.78 is 10.9. The summed E-state index contributed by atoms with van der Waals surface area (Å²) in [6, 6.07) is 0.552. The number of hydrogen-bond donors (Lipinski definition) is 1. The molecule has 0 aliphatic carbocycles. The average Bonchev–Trinajstić information content (AvgIpc) is 2.32. The van der Waals surface area contributed by atoms with Crippen molar-refractivity contribution in [2.45, 2.75) is 39.3 Å². The van der Waals surface area contributed by atoms with Gasteiger partial charge in [0.25, 0.3) is 0 Å². The van der Waals surface area contributed by atoms with E-state index in [1.165, 1.54) is 0 Å². The summed E-state index contributed by atoms with van der Waals surface area (Å²) in [5, 5.41) is 3.46. The number of hydrogen-bond acceptors (Lipinski definition) is 4. The molecule has 102 valence electrons. The normalized spacial score (nSPS) is 26.3. The van der Waals surface area contributed by atoms with E-state index in [0.29, 0.717) is 12.1 Å². The lowest BCUT2D eigenvalue weighted by molar-refractivity contribution is -0.0486. The molecule has 0 amide bonds. The van der Waals surface area contributed by atoms with Crippen molar-refractivity contribution in [1.82, 2.24) is 10.2 Å². The number of nitrogens with zero attached hydrogens (tertiary/aromatic N) is 1. The second-order valence-corrected chi connectivity index (χ2v) is 4.79. The molecule has 2 atom stereocenters. The highest BCUT2D eigenvalue weighted by Crippen LogP contribution is 2.09. The van der Waals surface area contributed by atoms with Crippen LogP contribution in [0.25, 0.3) is 0 Å². The summed E-state index contributed by atoms with van der Waals surface area (Å²) in [6.45, 7) is 13.3. The fraction of sp³-hybridized carbons (Fsp3) is 1.00. The van der Waals surface area contributed by atoms with Crippen LogP contribution in [0.3, 0.4) is 0 Å². The summed E-state index contributed by atoms with van der Waals surface area (Å²) in [6.07, 6.45) is 1.48. The quantitative estimate of drug-likeness (QED) is 0.649. The van der Waals surface area contributed by atoms with Crippen LogP contribution in [-0.4, -0.2) is 63.0 Å². The molecule has 1 aliphatic rings. The molecule has 0 aromatic rings. The Morgan fingerprint density at radius 1 is 1.35 bits per heavy atom. The minimum absolute atomic E-state index is 0.379. The van der Waals surface area contributed by atoms with Crippen molar-refractivity contribution < 1.29 is 9.47 Å².